The zero-order chi connectivity index (χ0) is 21.2. The molecule has 3 rings (SSSR count). The van der Waals surface area contributed by atoms with Crippen LogP contribution in [0.1, 0.15) is 10.4 Å². The van der Waals surface area contributed by atoms with Crippen LogP contribution >= 0.6 is 22.9 Å². The van der Waals surface area contributed by atoms with Crippen molar-refractivity contribution in [3.8, 4) is 17.0 Å². The minimum atomic E-state index is -3.33. The zero-order valence-electron chi connectivity index (χ0n) is 15.8. The second-order valence-electron chi connectivity index (χ2n) is 6.11. The van der Waals surface area contributed by atoms with Gasteiger partial charge in [-0.1, -0.05) is 23.7 Å². The van der Waals surface area contributed by atoms with Crippen molar-refractivity contribution in [3.05, 3.63) is 58.4 Å². The Balaban J connectivity index is 1.78. The number of methoxy groups -OCH3 is 1. The fourth-order valence-corrected chi connectivity index (χ4v) is 3.91. The lowest BCUT2D eigenvalue weighted by atomic mass is 10.1. The number of benzene rings is 2. The van der Waals surface area contributed by atoms with Crippen LogP contribution in [0.5, 0.6) is 5.75 Å². The molecule has 0 aliphatic heterocycles. The van der Waals surface area contributed by atoms with E-state index in [0.29, 0.717) is 32.8 Å². The van der Waals surface area contributed by atoms with Crippen LogP contribution in [0.25, 0.3) is 11.3 Å². The van der Waals surface area contributed by atoms with Gasteiger partial charge in [-0.25, -0.2) is 13.4 Å². The molecule has 0 fully saturated rings. The van der Waals surface area contributed by atoms with Crippen molar-refractivity contribution in [2.24, 2.45) is 0 Å². The average Bonchev–Trinajstić information content (AvgIpc) is 3.15. The molecule has 0 unspecified atom stereocenters. The summed E-state index contributed by atoms with van der Waals surface area (Å²) in [4.78, 5) is 17.0. The van der Waals surface area contributed by atoms with Gasteiger partial charge in [0.15, 0.2) is 5.13 Å². The van der Waals surface area contributed by atoms with E-state index in [4.69, 9.17) is 16.3 Å². The molecule has 1 N–H and O–H groups in total. The average molecular weight is 452 g/mol. The summed E-state index contributed by atoms with van der Waals surface area (Å²) in [5, 5.41) is 5.39. The first kappa shape index (κ1) is 21.1. The number of sulfonamides is 1. The summed E-state index contributed by atoms with van der Waals surface area (Å²) >= 11 is 7.26. The minimum Gasteiger partial charge on any atom is -0.496 e. The van der Waals surface area contributed by atoms with E-state index in [1.54, 1.807) is 41.8 Å². The number of carbonyl (C=O) groups excluding carboxylic acids is 1. The van der Waals surface area contributed by atoms with Crippen molar-refractivity contribution in [2.45, 2.75) is 0 Å². The first-order chi connectivity index (χ1) is 13.7. The van der Waals surface area contributed by atoms with Crippen LogP contribution in [0.3, 0.4) is 0 Å². The van der Waals surface area contributed by atoms with Crippen molar-refractivity contribution in [1.29, 1.82) is 0 Å². The van der Waals surface area contributed by atoms with Crippen LogP contribution < -0.4 is 14.4 Å². The quantitative estimate of drug-likeness (QED) is 0.609. The highest BCUT2D eigenvalue weighted by Gasteiger charge is 2.16. The molecule has 1 aromatic heterocycles. The van der Waals surface area contributed by atoms with Crippen LogP contribution in [0.4, 0.5) is 10.8 Å². The standard InChI is InChI=1S/C19H18ClN3O4S2/c1-23(29(3,25)26)14-7-4-12(5-8-14)16-11-28-19(21-16)22-18(24)15-10-13(20)6-9-17(15)27-2/h4-11H,1-3H3,(H,21,22,24). The van der Waals surface area contributed by atoms with E-state index >= 15 is 0 Å². The van der Waals surface area contributed by atoms with Gasteiger partial charge in [0.2, 0.25) is 10.0 Å². The summed E-state index contributed by atoms with van der Waals surface area (Å²) in [6.45, 7) is 0. The summed E-state index contributed by atoms with van der Waals surface area (Å²) in [5.74, 6) is 0.0321. The molecule has 0 aliphatic rings. The highest BCUT2D eigenvalue weighted by atomic mass is 35.5. The number of hydrogen-bond donors (Lipinski definition) is 1. The van der Waals surface area contributed by atoms with Crippen LogP contribution in [0.15, 0.2) is 47.8 Å². The van der Waals surface area contributed by atoms with Crippen molar-refractivity contribution >= 4 is 49.7 Å². The maximum atomic E-state index is 12.6. The molecule has 1 amide bonds. The molecule has 1 heterocycles. The molecule has 0 radical (unpaired) electrons. The smallest absolute Gasteiger partial charge is 0.261 e. The van der Waals surface area contributed by atoms with E-state index in [2.05, 4.69) is 10.3 Å². The normalized spacial score (nSPS) is 11.2. The molecule has 29 heavy (non-hydrogen) atoms. The van der Waals surface area contributed by atoms with Gasteiger partial charge in [-0.15, -0.1) is 11.3 Å². The van der Waals surface area contributed by atoms with Crippen molar-refractivity contribution in [3.63, 3.8) is 0 Å². The van der Waals surface area contributed by atoms with Gasteiger partial charge >= 0.3 is 0 Å². The van der Waals surface area contributed by atoms with Crippen molar-refractivity contribution in [2.75, 3.05) is 30.0 Å². The molecule has 10 heteroatoms. The van der Waals surface area contributed by atoms with Crippen molar-refractivity contribution in [1.82, 2.24) is 4.98 Å². The SMILES string of the molecule is COc1ccc(Cl)cc1C(=O)Nc1nc(-c2ccc(N(C)S(C)(=O)=O)cc2)cs1. The highest BCUT2D eigenvalue weighted by molar-refractivity contribution is 7.92. The minimum absolute atomic E-state index is 0.310. The van der Waals surface area contributed by atoms with Gasteiger partial charge in [0.25, 0.3) is 5.91 Å². The molecule has 7 nitrogen and oxygen atoms in total. The Labute approximate surface area is 178 Å². The molecule has 0 spiro atoms. The number of rotatable bonds is 6. The van der Waals surface area contributed by atoms with Crippen LogP contribution in [0.2, 0.25) is 5.02 Å². The van der Waals surface area contributed by atoms with Gasteiger partial charge in [0, 0.05) is 23.0 Å². The first-order valence-electron chi connectivity index (χ1n) is 8.34. The topological polar surface area (TPSA) is 88.6 Å². The van der Waals surface area contributed by atoms with E-state index in [-0.39, 0.29) is 5.91 Å². The largest absolute Gasteiger partial charge is 0.496 e. The van der Waals surface area contributed by atoms with Crippen LogP contribution in [-0.4, -0.2) is 39.7 Å². The Morgan fingerprint density at radius 2 is 1.90 bits per heavy atom. The highest BCUT2D eigenvalue weighted by Crippen LogP contribution is 2.29. The molecule has 0 saturated carbocycles. The number of halogens is 1. The summed E-state index contributed by atoms with van der Waals surface area (Å²) in [5.41, 5.74) is 2.32. The lowest BCUT2D eigenvalue weighted by Gasteiger charge is -2.16. The number of amides is 1. The lowest BCUT2D eigenvalue weighted by Crippen LogP contribution is -2.24. The number of aromatic nitrogens is 1. The number of hydrogen-bond acceptors (Lipinski definition) is 6. The third kappa shape index (κ3) is 4.87. The number of nitrogens with zero attached hydrogens (tertiary/aromatic N) is 2. The Kier molecular flexibility index (Phi) is 6.11. The third-order valence-electron chi connectivity index (χ3n) is 4.15. The van der Waals surface area contributed by atoms with E-state index in [0.717, 1.165) is 11.8 Å². The van der Waals surface area contributed by atoms with E-state index in [1.165, 1.54) is 35.9 Å². The van der Waals surface area contributed by atoms with Gasteiger partial charge in [-0.05, 0) is 30.3 Å². The van der Waals surface area contributed by atoms with Gasteiger partial charge in [0.05, 0.1) is 30.3 Å². The first-order valence-corrected chi connectivity index (χ1v) is 11.4. The van der Waals surface area contributed by atoms with E-state index in [1.807, 2.05) is 0 Å². The summed E-state index contributed by atoms with van der Waals surface area (Å²) in [6.07, 6.45) is 1.14. The monoisotopic (exact) mass is 451 g/mol. The Hall–Kier alpha value is -2.62. The van der Waals surface area contributed by atoms with Crippen LogP contribution in [-0.2, 0) is 10.0 Å². The summed E-state index contributed by atoms with van der Waals surface area (Å²) in [7, 11) is -0.356. The summed E-state index contributed by atoms with van der Waals surface area (Å²) < 4.78 is 29.7. The van der Waals surface area contributed by atoms with Crippen LogP contribution in [0, 0.1) is 0 Å². The number of carbonyl (C=O) groups is 1. The Morgan fingerprint density at radius 1 is 1.21 bits per heavy atom. The lowest BCUT2D eigenvalue weighted by molar-refractivity contribution is 0.102. The molecular formula is C19H18ClN3O4S2. The second-order valence-corrected chi connectivity index (χ2v) is 9.42. The number of anilines is 2. The van der Waals surface area contributed by atoms with E-state index in [9.17, 15) is 13.2 Å². The third-order valence-corrected chi connectivity index (χ3v) is 6.35. The predicted octanol–water partition coefficient (Wildman–Crippen LogP) is 4.12. The van der Waals surface area contributed by atoms with Gasteiger partial charge in [0.1, 0.15) is 5.75 Å². The molecule has 152 valence electrons. The molecule has 0 aliphatic carbocycles. The second kappa shape index (κ2) is 8.40. The fraction of sp³-hybridized carbons (Fsp3) is 0.158. The fourth-order valence-electron chi connectivity index (χ4n) is 2.52. The molecule has 0 atom stereocenters. The number of nitrogens with one attached hydrogen (secondary N) is 1. The molecule has 0 saturated heterocycles. The molecule has 2 aromatic carbocycles. The van der Waals surface area contributed by atoms with Gasteiger partial charge in [-0.3, -0.25) is 14.4 Å². The maximum Gasteiger partial charge on any atom is 0.261 e. The molecule has 3 aromatic rings. The number of ether oxygens (including phenoxy) is 1. The maximum absolute atomic E-state index is 12.6. The number of thiazole rings is 1. The summed E-state index contributed by atoms with van der Waals surface area (Å²) in [6, 6.07) is 11.7. The van der Waals surface area contributed by atoms with Gasteiger partial charge in [-0.2, -0.15) is 0 Å². The molecule has 0 bridgehead atoms. The predicted molar refractivity (Wildman–Crippen MR) is 117 cm³/mol. The molecular weight excluding hydrogens is 434 g/mol. The zero-order valence-corrected chi connectivity index (χ0v) is 18.2. The van der Waals surface area contributed by atoms with Crippen molar-refractivity contribution < 1.29 is 17.9 Å². The van der Waals surface area contributed by atoms with Gasteiger partial charge < -0.3 is 4.74 Å². The Bertz CT molecular complexity index is 1140. The Morgan fingerprint density at radius 3 is 2.52 bits per heavy atom. The van der Waals surface area contributed by atoms with E-state index < -0.39 is 10.0 Å².